The van der Waals surface area contributed by atoms with Gasteiger partial charge in [0.05, 0.1) is 16.6 Å². The summed E-state index contributed by atoms with van der Waals surface area (Å²) in [6.07, 6.45) is 5.35. The largest absolute Gasteiger partial charge is 0.352 e. The number of carbonyl (C=O) groups is 1. The standard InChI is InChI=1S/C25H28N4O2/c1-17(2)29-22-13-8-7-12-21(22)28-23(29)14-4-3-9-15-26-25(31)20-16-27-24(30)19-11-6-5-10-18(19)20/h5-8,10-13,16-17H,3-4,9,14-15H2,1-2H3,(H,26,31)(H,27,30). The molecule has 2 aromatic heterocycles. The molecular formula is C25H28N4O2. The summed E-state index contributed by atoms with van der Waals surface area (Å²) < 4.78 is 2.32. The van der Waals surface area contributed by atoms with Crippen molar-refractivity contribution in [2.75, 3.05) is 6.54 Å². The molecule has 0 bridgehead atoms. The van der Waals surface area contributed by atoms with Crippen LogP contribution in [-0.4, -0.2) is 27.0 Å². The third kappa shape index (κ3) is 4.38. The van der Waals surface area contributed by atoms with Crippen molar-refractivity contribution in [1.29, 1.82) is 0 Å². The monoisotopic (exact) mass is 416 g/mol. The summed E-state index contributed by atoms with van der Waals surface area (Å²) in [6, 6.07) is 15.8. The molecule has 0 fully saturated rings. The molecule has 0 saturated heterocycles. The van der Waals surface area contributed by atoms with E-state index in [1.807, 2.05) is 12.1 Å². The third-order valence-electron chi connectivity index (χ3n) is 5.60. The van der Waals surface area contributed by atoms with E-state index in [2.05, 4.69) is 46.9 Å². The number of aryl methyl sites for hydroxylation is 1. The van der Waals surface area contributed by atoms with E-state index < -0.39 is 0 Å². The second-order valence-corrected chi connectivity index (χ2v) is 8.12. The van der Waals surface area contributed by atoms with E-state index in [0.29, 0.717) is 28.9 Å². The lowest BCUT2D eigenvalue weighted by Gasteiger charge is -2.13. The summed E-state index contributed by atoms with van der Waals surface area (Å²) in [5.74, 6) is 0.967. The van der Waals surface area contributed by atoms with Gasteiger partial charge in [-0.15, -0.1) is 0 Å². The Morgan fingerprint density at radius 3 is 2.58 bits per heavy atom. The van der Waals surface area contributed by atoms with Gasteiger partial charge in [-0.25, -0.2) is 4.98 Å². The SMILES string of the molecule is CC(C)n1c(CCCCCNC(=O)c2c[nH]c(=O)c3ccccc23)nc2ccccc21. The van der Waals surface area contributed by atoms with Crippen LogP contribution in [0, 0.1) is 0 Å². The van der Waals surface area contributed by atoms with Gasteiger partial charge >= 0.3 is 0 Å². The molecule has 0 spiro atoms. The van der Waals surface area contributed by atoms with Gasteiger partial charge in [-0.2, -0.15) is 0 Å². The van der Waals surface area contributed by atoms with Crippen LogP contribution in [0.2, 0.25) is 0 Å². The predicted octanol–water partition coefficient (Wildman–Crippen LogP) is 4.60. The number of amides is 1. The molecule has 0 atom stereocenters. The molecule has 0 aliphatic carbocycles. The highest BCUT2D eigenvalue weighted by Crippen LogP contribution is 2.22. The molecular weight excluding hydrogens is 388 g/mol. The van der Waals surface area contributed by atoms with E-state index in [9.17, 15) is 9.59 Å². The zero-order valence-corrected chi connectivity index (χ0v) is 18.0. The van der Waals surface area contributed by atoms with E-state index in [-0.39, 0.29) is 11.5 Å². The van der Waals surface area contributed by atoms with Crippen molar-refractivity contribution in [3.63, 3.8) is 0 Å². The minimum Gasteiger partial charge on any atom is -0.352 e. The Kier molecular flexibility index (Phi) is 6.16. The molecule has 4 aromatic rings. The first kappa shape index (κ1) is 20.8. The molecule has 6 nitrogen and oxygen atoms in total. The van der Waals surface area contributed by atoms with Gasteiger partial charge in [0, 0.05) is 36.0 Å². The van der Waals surface area contributed by atoms with E-state index in [1.54, 1.807) is 18.2 Å². The van der Waals surface area contributed by atoms with Gasteiger partial charge in [-0.05, 0) is 44.9 Å². The molecule has 0 aliphatic heterocycles. The summed E-state index contributed by atoms with van der Waals surface area (Å²) in [4.78, 5) is 32.0. The number of rotatable bonds is 8. The summed E-state index contributed by atoms with van der Waals surface area (Å²) in [7, 11) is 0. The average molecular weight is 417 g/mol. The van der Waals surface area contributed by atoms with Crippen molar-refractivity contribution in [2.45, 2.75) is 45.6 Å². The van der Waals surface area contributed by atoms with Gasteiger partial charge in [0.1, 0.15) is 5.82 Å². The minimum absolute atomic E-state index is 0.158. The van der Waals surface area contributed by atoms with Crippen LogP contribution in [0.3, 0.4) is 0 Å². The van der Waals surface area contributed by atoms with Crippen LogP contribution >= 0.6 is 0 Å². The van der Waals surface area contributed by atoms with Crippen LogP contribution in [0.4, 0.5) is 0 Å². The first-order valence-corrected chi connectivity index (χ1v) is 10.9. The average Bonchev–Trinajstić information content (AvgIpc) is 3.15. The molecule has 6 heteroatoms. The minimum atomic E-state index is -0.181. The molecule has 0 radical (unpaired) electrons. The van der Waals surface area contributed by atoms with E-state index in [0.717, 1.165) is 37.0 Å². The van der Waals surface area contributed by atoms with E-state index in [4.69, 9.17) is 4.98 Å². The third-order valence-corrected chi connectivity index (χ3v) is 5.60. The fraction of sp³-hybridized carbons (Fsp3) is 0.320. The maximum atomic E-state index is 12.6. The number of nitrogens with one attached hydrogen (secondary N) is 2. The number of aromatic amines is 1. The Bertz CT molecular complexity index is 1270. The zero-order valence-electron chi connectivity index (χ0n) is 18.0. The molecule has 0 aliphatic rings. The number of hydrogen-bond acceptors (Lipinski definition) is 3. The number of aromatic nitrogens is 3. The maximum Gasteiger partial charge on any atom is 0.255 e. The molecule has 0 saturated carbocycles. The first-order valence-electron chi connectivity index (χ1n) is 10.9. The number of H-pyrrole nitrogens is 1. The van der Waals surface area contributed by atoms with Crippen LogP contribution in [0.15, 0.2) is 59.5 Å². The zero-order chi connectivity index (χ0) is 21.8. The van der Waals surface area contributed by atoms with Crippen molar-refractivity contribution in [1.82, 2.24) is 19.9 Å². The van der Waals surface area contributed by atoms with E-state index >= 15 is 0 Å². The van der Waals surface area contributed by atoms with E-state index in [1.165, 1.54) is 11.7 Å². The topological polar surface area (TPSA) is 79.8 Å². The summed E-state index contributed by atoms with van der Waals surface area (Å²) >= 11 is 0. The highest BCUT2D eigenvalue weighted by Gasteiger charge is 2.13. The van der Waals surface area contributed by atoms with Gasteiger partial charge in [0.2, 0.25) is 0 Å². The fourth-order valence-corrected chi connectivity index (χ4v) is 4.13. The Labute approximate surface area is 181 Å². The lowest BCUT2D eigenvalue weighted by Crippen LogP contribution is -2.25. The maximum absolute atomic E-state index is 12.6. The normalized spacial score (nSPS) is 11.5. The van der Waals surface area contributed by atoms with Crippen LogP contribution in [-0.2, 0) is 6.42 Å². The smallest absolute Gasteiger partial charge is 0.255 e. The number of carbonyl (C=O) groups excluding carboxylic acids is 1. The van der Waals surface area contributed by atoms with Crippen molar-refractivity contribution >= 4 is 27.7 Å². The second kappa shape index (κ2) is 9.16. The lowest BCUT2D eigenvalue weighted by atomic mass is 10.1. The molecule has 2 N–H and O–H groups in total. The molecule has 4 rings (SSSR count). The van der Waals surface area contributed by atoms with Crippen LogP contribution < -0.4 is 10.9 Å². The second-order valence-electron chi connectivity index (χ2n) is 8.12. The predicted molar refractivity (Wildman–Crippen MR) is 125 cm³/mol. The number of hydrogen-bond donors (Lipinski definition) is 2. The summed E-state index contributed by atoms with van der Waals surface area (Å²) in [6.45, 7) is 4.98. The molecule has 2 heterocycles. The Hall–Kier alpha value is -3.41. The van der Waals surface area contributed by atoms with Gasteiger partial charge in [0.25, 0.3) is 11.5 Å². The summed E-state index contributed by atoms with van der Waals surface area (Å²) in [5, 5.41) is 4.19. The first-order chi connectivity index (χ1) is 15.1. The van der Waals surface area contributed by atoms with Crippen LogP contribution in [0.5, 0.6) is 0 Å². The highest BCUT2D eigenvalue weighted by molar-refractivity contribution is 6.06. The van der Waals surface area contributed by atoms with Gasteiger partial charge < -0.3 is 14.9 Å². The number of pyridine rings is 1. The molecule has 31 heavy (non-hydrogen) atoms. The number of nitrogens with zero attached hydrogens (tertiary/aromatic N) is 2. The number of benzene rings is 2. The number of fused-ring (bicyclic) bond motifs is 2. The van der Waals surface area contributed by atoms with Gasteiger partial charge in [-0.1, -0.05) is 36.8 Å². The number of imidazole rings is 1. The quantitative estimate of drug-likeness (QED) is 0.412. The van der Waals surface area contributed by atoms with Gasteiger partial charge in [-0.3, -0.25) is 9.59 Å². The van der Waals surface area contributed by atoms with Crippen molar-refractivity contribution in [3.8, 4) is 0 Å². The van der Waals surface area contributed by atoms with Crippen molar-refractivity contribution < 1.29 is 4.79 Å². The van der Waals surface area contributed by atoms with Crippen molar-refractivity contribution in [3.05, 3.63) is 76.5 Å². The van der Waals surface area contributed by atoms with Gasteiger partial charge in [0.15, 0.2) is 0 Å². The molecule has 160 valence electrons. The number of para-hydroxylation sites is 2. The Morgan fingerprint density at radius 1 is 1.03 bits per heavy atom. The molecule has 0 unspecified atom stereocenters. The summed E-state index contributed by atoms with van der Waals surface area (Å²) in [5.41, 5.74) is 2.56. The number of unbranched alkanes of at least 4 members (excludes halogenated alkanes) is 2. The van der Waals surface area contributed by atoms with Crippen LogP contribution in [0.1, 0.15) is 55.3 Å². The Morgan fingerprint density at radius 2 is 1.77 bits per heavy atom. The van der Waals surface area contributed by atoms with Crippen LogP contribution in [0.25, 0.3) is 21.8 Å². The lowest BCUT2D eigenvalue weighted by molar-refractivity contribution is 0.0954. The molecule has 1 amide bonds. The molecule has 2 aromatic carbocycles. The van der Waals surface area contributed by atoms with Crippen molar-refractivity contribution in [2.24, 2.45) is 0 Å². The highest BCUT2D eigenvalue weighted by atomic mass is 16.1. The fourth-order valence-electron chi connectivity index (χ4n) is 4.13. The Balaban J connectivity index is 1.30.